The number of halogens is 1. The number of aryl methyl sites for hydroxylation is 1. The van der Waals surface area contributed by atoms with Crippen molar-refractivity contribution < 1.29 is 14.3 Å². The molecule has 1 aliphatic rings. The molecule has 5 heteroatoms. The average molecular weight is 374 g/mol. The number of rotatable bonds is 5. The Morgan fingerprint density at radius 2 is 2.04 bits per heavy atom. The SMILES string of the molecule is COc1cc(C(=O)N2CCCc3ccccc32)cc(Cl)c1OCC(C)C. The lowest BCUT2D eigenvalue weighted by Crippen LogP contribution is -2.35. The van der Waals surface area contributed by atoms with Crippen molar-refractivity contribution in [2.75, 3.05) is 25.2 Å². The second-order valence-corrected chi connectivity index (χ2v) is 7.29. The summed E-state index contributed by atoms with van der Waals surface area (Å²) in [4.78, 5) is 14.9. The lowest BCUT2D eigenvalue weighted by Gasteiger charge is -2.29. The van der Waals surface area contributed by atoms with Crippen LogP contribution in [0.3, 0.4) is 0 Å². The molecular formula is C21H24ClNO3. The minimum atomic E-state index is -0.0761. The molecule has 0 atom stereocenters. The predicted molar refractivity (Wildman–Crippen MR) is 105 cm³/mol. The van der Waals surface area contributed by atoms with E-state index in [2.05, 4.69) is 19.9 Å². The molecule has 0 radical (unpaired) electrons. The third-order valence-corrected chi connectivity index (χ3v) is 4.67. The van der Waals surface area contributed by atoms with Gasteiger partial charge in [0.25, 0.3) is 5.91 Å². The van der Waals surface area contributed by atoms with Gasteiger partial charge in [0.15, 0.2) is 11.5 Å². The first-order chi connectivity index (χ1) is 12.5. The number of benzene rings is 2. The molecule has 2 aromatic rings. The van der Waals surface area contributed by atoms with Crippen LogP contribution < -0.4 is 14.4 Å². The van der Waals surface area contributed by atoms with Crippen LogP contribution in [0.15, 0.2) is 36.4 Å². The maximum atomic E-state index is 13.1. The molecular weight excluding hydrogens is 350 g/mol. The summed E-state index contributed by atoms with van der Waals surface area (Å²) < 4.78 is 11.2. The summed E-state index contributed by atoms with van der Waals surface area (Å²) in [6, 6.07) is 11.4. The van der Waals surface area contributed by atoms with E-state index >= 15 is 0 Å². The molecule has 1 heterocycles. The van der Waals surface area contributed by atoms with E-state index < -0.39 is 0 Å². The minimum Gasteiger partial charge on any atom is -0.493 e. The van der Waals surface area contributed by atoms with Crippen LogP contribution >= 0.6 is 11.6 Å². The van der Waals surface area contributed by atoms with Gasteiger partial charge in [0.2, 0.25) is 0 Å². The molecule has 26 heavy (non-hydrogen) atoms. The average Bonchev–Trinajstić information content (AvgIpc) is 2.65. The number of anilines is 1. The molecule has 0 aliphatic carbocycles. The Labute approximate surface area is 159 Å². The molecule has 0 saturated heterocycles. The molecule has 0 N–H and O–H groups in total. The molecule has 0 spiro atoms. The number of nitrogens with zero attached hydrogens (tertiary/aromatic N) is 1. The standard InChI is InChI=1S/C21H24ClNO3/c1-14(2)13-26-20-17(22)11-16(12-19(20)25-3)21(24)23-10-6-8-15-7-4-5-9-18(15)23/h4-5,7,9,11-12,14H,6,8,10,13H2,1-3H3. The zero-order valence-electron chi connectivity index (χ0n) is 15.4. The molecule has 1 aliphatic heterocycles. The molecule has 0 saturated carbocycles. The Morgan fingerprint density at radius 3 is 2.77 bits per heavy atom. The second-order valence-electron chi connectivity index (χ2n) is 6.88. The van der Waals surface area contributed by atoms with Crippen molar-refractivity contribution in [3.63, 3.8) is 0 Å². The van der Waals surface area contributed by atoms with Crippen molar-refractivity contribution in [3.05, 3.63) is 52.5 Å². The number of fused-ring (bicyclic) bond motifs is 1. The molecule has 0 bridgehead atoms. The van der Waals surface area contributed by atoms with E-state index in [0.717, 1.165) is 18.5 Å². The lowest BCUT2D eigenvalue weighted by molar-refractivity contribution is 0.0984. The molecule has 0 aromatic heterocycles. The quantitative estimate of drug-likeness (QED) is 0.742. The highest BCUT2D eigenvalue weighted by atomic mass is 35.5. The van der Waals surface area contributed by atoms with Gasteiger partial charge >= 0.3 is 0 Å². The van der Waals surface area contributed by atoms with Gasteiger partial charge in [0.1, 0.15) is 0 Å². The maximum Gasteiger partial charge on any atom is 0.258 e. The van der Waals surface area contributed by atoms with Gasteiger partial charge in [-0.3, -0.25) is 4.79 Å². The molecule has 4 nitrogen and oxygen atoms in total. The van der Waals surface area contributed by atoms with Crippen LogP contribution in [0.2, 0.25) is 5.02 Å². The maximum absolute atomic E-state index is 13.1. The van der Waals surface area contributed by atoms with Crippen LogP contribution in [0, 0.1) is 5.92 Å². The third kappa shape index (κ3) is 3.80. The van der Waals surface area contributed by atoms with E-state index in [1.165, 1.54) is 5.56 Å². The lowest BCUT2D eigenvalue weighted by atomic mass is 10.0. The van der Waals surface area contributed by atoms with Crippen molar-refractivity contribution in [2.45, 2.75) is 26.7 Å². The number of para-hydroxylation sites is 1. The van der Waals surface area contributed by atoms with Crippen molar-refractivity contribution in [1.82, 2.24) is 0 Å². The Morgan fingerprint density at radius 1 is 1.27 bits per heavy atom. The van der Waals surface area contributed by atoms with Crippen LogP contribution in [0.25, 0.3) is 0 Å². The minimum absolute atomic E-state index is 0.0761. The Hall–Kier alpha value is -2.20. The van der Waals surface area contributed by atoms with Gasteiger partial charge < -0.3 is 14.4 Å². The largest absolute Gasteiger partial charge is 0.493 e. The third-order valence-electron chi connectivity index (χ3n) is 4.39. The zero-order valence-corrected chi connectivity index (χ0v) is 16.2. The first-order valence-corrected chi connectivity index (χ1v) is 9.29. The zero-order chi connectivity index (χ0) is 18.7. The number of carbonyl (C=O) groups is 1. The Kier molecular flexibility index (Phi) is 5.72. The van der Waals surface area contributed by atoms with Gasteiger partial charge in [-0.15, -0.1) is 0 Å². The summed E-state index contributed by atoms with van der Waals surface area (Å²) in [7, 11) is 1.55. The summed E-state index contributed by atoms with van der Waals surface area (Å²) in [6.45, 7) is 5.35. The summed E-state index contributed by atoms with van der Waals surface area (Å²) in [5.41, 5.74) is 2.67. The highest BCUT2D eigenvalue weighted by Crippen LogP contribution is 2.38. The van der Waals surface area contributed by atoms with E-state index in [0.29, 0.717) is 41.2 Å². The number of amides is 1. The Balaban J connectivity index is 1.92. The van der Waals surface area contributed by atoms with Crippen molar-refractivity contribution in [3.8, 4) is 11.5 Å². The first kappa shape index (κ1) is 18.6. The monoisotopic (exact) mass is 373 g/mol. The fourth-order valence-electron chi connectivity index (χ4n) is 3.13. The topological polar surface area (TPSA) is 38.8 Å². The van der Waals surface area contributed by atoms with Crippen molar-refractivity contribution in [2.24, 2.45) is 5.92 Å². The molecule has 1 amide bonds. The second kappa shape index (κ2) is 8.00. The fraction of sp³-hybridized carbons (Fsp3) is 0.381. The van der Waals surface area contributed by atoms with Gasteiger partial charge in [-0.1, -0.05) is 43.6 Å². The van der Waals surface area contributed by atoms with Crippen LogP contribution in [-0.4, -0.2) is 26.2 Å². The highest BCUT2D eigenvalue weighted by molar-refractivity contribution is 6.32. The van der Waals surface area contributed by atoms with Crippen LogP contribution in [0.5, 0.6) is 11.5 Å². The predicted octanol–water partition coefficient (Wildman–Crippen LogP) is 4.98. The van der Waals surface area contributed by atoms with Crippen LogP contribution in [0.4, 0.5) is 5.69 Å². The smallest absolute Gasteiger partial charge is 0.258 e. The van der Waals surface area contributed by atoms with E-state index in [9.17, 15) is 4.79 Å². The van der Waals surface area contributed by atoms with Gasteiger partial charge in [0.05, 0.1) is 18.7 Å². The van der Waals surface area contributed by atoms with Gasteiger partial charge in [-0.05, 0) is 42.5 Å². The molecule has 0 fully saturated rings. The van der Waals surface area contributed by atoms with Gasteiger partial charge in [-0.25, -0.2) is 0 Å². The summed E-state index contributed by atoms with van der Waals surface area (Å²) in [5.74, 6) is 1.25. The first-order valence-electron chi connectivity index (χ1n) is 8.91. The number of methoxy groups -OCH3 is 1. The van der Waals surface area contributed by atoms with Gasteiger partial charge in [-0.2, -0.15) is 0 Å². The molecule has 3 rings (SSSR count). The molecule has 0 unspecified atom stereocenters. The number of hydrogen-bond donors (Lipinski definition) is 0. The highest BCUT2D eigenvalue weighted by Gasteiger charge is 2.25. The van der Waals surface area contributed by atoms with E-state index in [4.69, 9.17) is 21.1 Å². The van der Waals surface area contributed by atoms with Gasteiger partial charge in [0, 0.05) is 17.8 Å². The van der Waals surface area contributed by atoms with E-state index in [1.54, 1.807) is 19.2 Å². The number of carbonyl (C=O) groups excluding carboxylic acids is 1. The summed E-state index contributed by atoms with van der Waals surface area (Å²) in [6.07, 6.45) is 1.94. The van der Waals surface area contributed by atoms with Crippen LogP contribution in [0.1, 0.15) is 36.2 Å². The Bertz CT molecular complexity index is 804. The number of hydrogen-bond acceptors (Lipinski definition) is 3. The molecule has 2 aromatic carbocycles. The normalized spacial score (nSPS) is 13.5. The van der Waals surface area contributed by atoms with Crippen LogP contribution in [-0.2, 0) is 6.42 Å². The molecule has 138 valence electrons. The summed E-state index contributed by atoms with van der Waals surface area (Å²) >= 11 is 6.40. The van der Waals surface area contributed by atoms with Crippen molar-refractivity contribution in [1.29, 1.82) is 0 Å². The fourth-order valence-corrected chi connectivity index (χ4v) is 3.40. The number of ether oxygens (including phenoxy) is 2. The van der Waals surface area contributed by atoms with E-state index in [1.807, 2.05) is 23.1 Å². The van der Waals surface area contributed by atoms with Crippen molar-refractivity contribution >= 4 is 23.2 Å². The van der Waals surface area contributed by atoms with E-state index in [-0.39, 0.29) is 5.91 Å². The summed E-state index contributed by atoms with van der Waals surface area (Å²) in [5, 5.41) is 0.388.